The number of hydrogen-bond donors (Lipinski definition) is 1. The molecule has 2 N–H and O–H groups in total. The first-order valence-corrected chi connectivity index (χ1v) is 10.6. The molecule has 3 aromatic rings. The third kappa shape index (κ3) is 3.98. The number of carbonyl (C=O) groups is 1. The van der Waals surface area contributed by atoms with E-state index in [1.165, 1.54) is 19.6 Å². The molecule has 0 saturated carbocycles. The van der Waals surface area contributed by atoms with Gasteiger partial charge in [-0.25, -0.2) is 15.0 Å². The van der Waals surface area contributed by atoms with Crippen molar-refractivity contribution in [3.05, 3.63) is 36.9 Å². The fourth-order valence-electron chi connectivity index (χ4n) is 3.44. The number of carbonyl (C=O) groups excluding carboxylic acids is 1. The predicted octanol–water partition coefficient (Wildman–Crippen LogP) is 1.44. The van der Waals surface area contributed by atoms with Gasteiger partial charge >= 0.3 is 5.97 Å². The van der Waals surface area contributed by atoms with Crippen LogP contribution in [0.5, 0.6) is 5.75 Å². The number of hydrogen-bond acceptors (Lipinski definition) is 9. The van der Waals surface area contributed by atoms with Gasteiger partial charge in [0.05, 0.1) is 36.1 Å². The Labute approximate surface area is 174 Å². The number of esters is 1. The van der Waals surface area contributed by atoms with Gasteiger partial charge < -0.3 is 19.9 Å². The number of imidazole rings is 1. The van der Waals surface area contributed by atoms with E-state index in [1.807, 2.05) is 0 Å². The van der Waals surface area contributed by atoms with E-state index in [0.29, 0.717) is 28.2 Å². The molecule has 0 amide bonds. The Morgan fingerprint density at radius 1 is 1.30 bits per heavy atom. The van der Waals surface area contributed by atoms with E-state index in [0.717, 1.165) is 0 Å². The summed E-state index contributed by atoms with van der Waals surface area (Å²) in [6.45, 7) is 1.34. The summed E-state index contributed by atoms with van der Waals surface area (Å²) in [7, 11) is 0.280. The lowest BCUT2D eigenvalue weighted by Crippen LogP contribution is -2.24. The minimum absolute atomic E-state index is 0.248. The molecular formula is C19H21N5O5S. The van der Waals surface area contributed by atoms with E-state index in [1.54, 1.807) is 35.9 Å². The number of anilines is 1. The van der Waals surface area contributed by atoms with Gasteiger partial charge in [0.25, 0.3) is 0 Å². The number of methoxy groups -OCH3 is 1. The van der Waals surface area contributed by atoms with Gasteiger partial charge in [-0.1, -0.05) is 0 Å². The van der Waals surface area contributed by atoms with Crippen LogP contribution in [0.25, 0.3) is 11.2 Å². The molecule has 2 aromatic heterocycles. The molecule has 1 aliphatic heterocycles. The maximum Gasteiger partial charge on any atom is 0.303 e. The number of nitrogens with zero attached hydrogens (tertiary/aromatic N) is 4. The number of nitrogen functional groups attached to an aromatic ring is 1. The number of benzene rings is 1. The molecule has 0 radical (unpaired) electrons. The van der Waals surface area contributed by atoms with Crippen molar-refractivity contribution < 1.29 is 23.2 Å². The lowest BCUT2D eigenvalue weighted by Gasteiger charge is -2.19. The fraction of sp³-hybridized carbons (Fsp3) is 0.368. The van der Waals surface area contributed by atoms with Gasteiger partial charge in [0.2, 0.25) is 0 Å². The molecular weight excluding hydrogens is 410 g/mol. The second-order valence-electron chi connectivity index (χ2n) is 6.80. The summed E-state index contributed by atoms with van der Waals surface area (Å²) in [5.74, 6) is 0.766. The maximum absolute atomic E-state index is 12.8. The molecule has 0 aliphatic carbocycles. The maximum atomic E-state index is 12.8. The molecule has 1 unspecified atom stereocenters. The summed E-state index contributed by atoms with van der Waals surface area (Å²) in [6.07, 6.45) is 1.63. The van der Waals surface area contributed by atoms with E-state index in [2.05, 4.69) is 15.0 Å². The largest absolute Gasteiger partial charge is 0.497 e. The normalized spacial score (nSPS) is 22.1. The Bertz CT molecular complexity index is 1090. The zero-order chi connectivity index (χ0) is 21.3. The predicted molar refractivity (Wildman–Crippen MR) is 108 cm³/mol. The van der Waals surface area contributed by atoms with Crippen LogP contribution in [0.15, 0.2) is 41.8 Å². The Hall–Kier alpha value is -3.05. The summed E-state index contributed by atoms with van der Waals surface area (Å²) >= 11 is 0. The molecule has 11 heteroatoms. The molecule has 3 heterocycles. The summed E-state index contributed by atoms with van der Waals surface area (Å²) in [5, 5.41) is 0. The summed E-state index contributed by atoms with van der Waals surface area (Å²) in [5.41, 5.74) is 6.77. The van der Waals surface area contributed by atoms with Crippen LogP contribution in [0, 0.1) is 0 Å². The first-order valence-electron chi connectivity index (χ1n) is 9.24. The molecule has 10 nitrogen and oxygen atoms in total. The number of rotatable bonds is 6. The van der Waals surface area contributed by atoms with E-state index in [9.17, 15) is 9.00 Å². The Morgan fingerprint density at radius 3 is 2.77 bits per heavy atom. The van der Waals surface area contributed by atoms with Crippen LogP contribution in [0.4, 0.5) is 5.82 Å². The highest BCUT2D eigenvalue weighted by Crippen LogP contribution is 2.34. The van der Waals surface area contributed by atoms with Gasteiger partial charge in [0.15, 0.2) is 17.7 Å². The smallest absolute Gasteiger partial charge is 0.303 e. The van der Waals surface area contributed by atoms with Crippen LogP contribution >= 0.6 is 0 Å². The second-order valence-corrected chi connectivity index (χ2v) is 8.30. The standard InChI is InChI=1S/C19H21N5O5S/c1-11(25)28-15-7-13(8-30(26)14-5-3-12(27-2)4-6-14)29-19(15)24-10-23-16-17(20)21-9-22-18(16)24/h3-6,9-10,13,15,19H,7-8H2,1-2H3,(H2,20,21,22)/t13-,15+,19+,30?/m0/s1. The van der Waals surface area contributed by atoms with Crippen LogP contribution < -0.4 is 10.5 Å². The van der Waals surface area contributed by atoms with Gasteiger partial charge in [-0.15, -0.1) is 0 Å². The second kappa shape index (κ2) is 8.36. The van der Waals surface area contributed by atoms with Crippen molar-refractivity contribution in [2.24, 2.45) is 0 Å². The van der Waals surface area contributed by atoms with Gasteiger partial charge in [-0.2, -0.15) is 0 Å². The van der Waals surface area contributed by atoms with E-state index in [-0.39, 0.29) is 17.7 Å². The van der Waals surface area contributed by atoms with Gasteiger partial charge in [0, 0.05) is 18.2 Å². The Kier molecular flexibility index (Phi) is 5.64. The number of aromatic nitrogens is 4. The van der Waals surface area contributed by atoms with Crippen LogP contribution in [0.2, 0.25) is 0 Å². The molecule has 30 heavy (non-hydrogen) atoms. The molecule has 4 rings (SSSR count). The van der Waals surface area contributed by atoms with Crippen molar-refractivity contribution in [2.75, 3.05) is 18.6 Å². The highest BCUT2D eigenvalue weighted by atomic mass is 32.2. The SMILES string of the molecule is COc1ccc(S(=O)C[C@@H]2C[C@@H](OC(C)=O)[C@H](n3cnc4c(N)ncnc43)O2)cc1. The first kappa shape index (κ1) is 20.2. The highest BCUT2D eigenvalue weighted by molar-refractivity contribution is 7.85. The van der Waals surface area contributed by atoms with Crippen LogP contribution in [0.1, 0.15) is 19.6 Å². The Morgan fingerprint density at radius 2 is 2.07 bits per heavy atom. The monoisotopic (exact) mass is 431 g/mol. The van der Waals surface area contributed by atoms with Crippen molar-refractivity contribution in [1.29, 1.82) is 0 Å². The van der Waals surface area contributed by atoms with Gasteiger partial charge in [-0.3, -0.25) is 13.6 Å². The van der Waals surface area contributed by atoms with Crippen molar-refractivity contribution in [3.8, 4) is 5.75 Å². The van der Waals surface area contributed by atoms with Crippen LogP contribution in [0.3, 0.4) is 0 Å². The third-order valence-corrected chi connectivity index (χ3v) is 6.26. The van der Waals surface area contributed by atoms with Crippen LogP contribution in [-0.4, -0.2) is 54.8 Å². The number of ether oxygens (including phenoxy) is 3. The lowest BCUT2D eigenvalue weighted by atomic mass is 10.2. The minimum Gasteiger partial charge on any atom is -0.497 e. The highest BCUT2D eigenvalue weighted by Gasteiger charge is 2.40. The molecule has 1 aliphatic rings. The van der Waals surface area contributed by atoms with Crippen molar-refractivity contribution >= 4 is 33.8 Å². The molecule has 4 atom stereocenters. The fourth-order valence-corrected chi connectivity index (χ4v) is 4.62. The summed E-state index contributed by atoms with van der Waals surface area (Å²) in [4.78, 5) is 24.7. The lowest BCUT2D eigenvalue weighted by molar-refractivity contribution is -0.152. The first-order chi connectivity index (χ1) is 14.5. The van der Waals surface area contributed by atoms with Crippen molar-refractivity contribution in [1.82, 2.24) is 19.5 Å². The molecule has 1 saturated heterocycles. The molecule has 0 spiro atoms. The molecule has 1 aromatic carbocycles. The zero-order valence-corrected chi connectivity index (χ0v) is 17.2. The summed E-state index contributed by atoms with van der Waals surface area (Å²) in [6, 6.07) is 7.03. The van der Waals surface area contributed by atoms with Crippen LogP contribution in [-0.2, 0) is 25.1 Å². The van der Waals surface area contributed by atoms with Crippen molar-refractivity contribution in [2.45, 2.75) is 36.7 Å². The average molecular weight is 431 g/mol. The van der Waals surface area contributed by atoms with E-state index < -0.39 is 29.1 Å². The third-order valence-electron chi connectivity index (χ3n) is 4.78. The molecule has 158 valence electrons. The minimum atomic E-state index is -1.30. The topological polar surface area (TPSA) is 131 Å². The Balaban J connectivity index is 1.55. The number of fused-ring (bicyclic) bond motifs is 1. The van der Waals surface area contributed by atoms with Crippen molar-refractivity contribution in [3.63, 3.8) is 0 Å². The zero-order valence-electron chi connectivity index (χ0n) is 16.4. The molecule has 0 bridgehead atoms. The van der Waals surface area contributed by atoms with E-state index >= 15 is 0 Å². The quantitative estimate of drug-likeness (QED) is 0.576. The van der Waals surface area contributed by atoms with Gasteiger partial charge in [0.1, 0.15) is 23.7 Å². The summed E-state index contributed by atoms with van der Waals surface area (Å²) < 4.78 is 31.2. The molecule has 1 fully saturated rings. The average Bonchev–Trinajstić information content (AvgIpc) is 3.32. The number of nitrogens with two attached hydrogens (primary N) is 1. The van der Waals surface area contributed by atoms with Gasteiger partial charge in [-0.05, 0) is 24.3 Å². The van der Waals surface area contributed by atoms with E-state index in [4.69, 9.17) is 19.9 Å².